The number of nitrogens with one attached hydrogen (secondary N) is 1. The zero-order valence-corrected chi connectivity index (χ0v) is 23.8. The first-order valence-corrected chi connectivity index (χ1v) is 13.7. The summed E-state index contributed by atoms with van der Waals surface area (Å²) in [5, 5.41) is 7.29. The third kappa shape index (κ3) is 5.35. The van der Waals surface area contributed by atoms with Crippen molar-refractivity contribution < 1.29 is 36.7 Å². The van der Waals surface area contributed by atoms with Gasteiger partial charge in [0.25, 0.3) is 0 Å². The minimum absolute atomic E-state index is 0.172. The van der Waals surface area contributed by atoms with Crippen molar-refractivity contribution in [1.82, 2.24) is 24.6 Å². The van der Waals surface area contributed by atoms with Crippen LogP contribution in [-0.2, 0) is 16.1 Å². The summed E-state index contributed by atoms with van der Waals surface area (Å²) in [5.41, 5.74) is 1.36. The van der Waals surface area contributed by atoms with Crippen molar-refractivity contribution in [3.8, 4) is 16.9 Å². The van der Waals surface area contributed by atoms with Gasteiger partial charge in [-0.1, -0.05) is 19.1 Å². The quantitative estimate of drug-likeness (QED) is 0.230. The molecule has 14 heteroatoms. The first kappa shape index (κ1) is 29.2. The molecule has 1 saturated heterocycles. The molecule has 3 heterocycles. The molecule has 2 aromatic heterocycles. The molecule has 10 nitrogen and oxygen atoms in total. The van der Waals surface area contributed by atoms with E-state index >= 15 is 0 Å². The molecule has 2 fully saturated rings. The van der Waals surface area contributed by atoms with Crippen LogP contribution >= 0.6 is 0 Å². The fourth-order valence-electron chi connectivity index (χ4n) is 5.88. The zero-order chi connectivity index (χ0) is 31.6. The molecule has 0 spiro atoms. The highest BCUT2D eigenvalue weighted by atomic mass is 19.4. The number of hydrogen-bond donors (Lipinski definition) is 1. The van der Waals surface area contributed by atoms with Gasteiger partial charge in [-0.05, 0) is 55.0 Å². The van der Waals surface area contributed by atoms with Gasteiger partial charge in [-0.15, -0.1) is 13.2 Å². The summed E-state index contributed by atoms with van der Waals surface area (Å²) in [5.74, 6) is -3.35. The van der Waals surface area contributed by atoms with E-state index < -0.39 is 41.5 Å². The maximum absolute atomic E-state index is 14.8. The number of hydrogen-bond acceptors (Lipinski definition) is 7. The number of carbonyl (C=O) groups is 3. The maximum atomic E-state index is 14.8. The van der Waals surface area contributed by atoms with E-state index in [0.717, 1.165) is 29.3 Å². The summed E-state index contributed by atoms with van der Waals surface area (Å²) in [6, 6.07) is 7.09. The van der Waals surface area contributed by atoms with E-state index in [9.17, 15) is 31.9 Å². The molecule has 228 valence electrons. The number of alkyl halides is 3. The van der Waals surface area contributed by atoms with Crippen LogP contribution in [0.15, 0.2) is 48.8 Å². The Kier molecular flexibility index (Phi) is 6.89. The van der Waals surface area contributed by atoms with Crippen LogP contribution in [0.25, 0.3) is 22.0 Å². The number of ether oxygens (including phenoxy) is 1. The molecule has 0 bridgehead atoms. The lowest BCUT2D eigenvalue weighted by molar-refractivity contribution is -0.275. The maximum Gasteiger partial charge on any atom is 0.573 e. The number of rotatable bonds is 7. The zero-order valence-electron chi connectivity index (χ0n) is 23.8. The molecule has 1 N–H and O–H groups in total. The van der Waals surface area contributed by atoms with Crippen molar-refractivity contribution in [2.45, 2.75) is 58.6 Å². The fraction of sp³-hybridized carbons (Fsp3) is 0.333. The first-order chi connectivity index (χ1) is 20.7. The van der Waals surface area contributed by atoms with Crippen molar-refractivity contribution in [3.63, 3.8) is 0 Å². The number of amides is 2. The molecule has 4 aromatic rings. The molecule has 1 saturated carbocycles. The van der Waals surface area contributed by atoms with E-state index in [1.54, 1.807) is 37.5 Å². The van der Waals surface area contributed by atoms with Crippen molar-refractivity contribution in [2.24, 2.45) is 5.41 Å². The highest BCUT2D eigenvalue weighted by Crippen LogP contribution is 2.59. The number of benzene rings is 2. The van der Waals surface area contributed by atoms with Gasteiger partial charge in [0.15, 0.2) is 17.3 Å². The fourth-order valence-corrected chi connectivity index (χ4v) is 5.88. The van der Waals surface area contributed by atoms with Crippen LogP contribution in [0.4, 0.5) is 23.2 Å². The monoisotopic (exact) mass is 610 g/mol. The molecule has 44 heavy (non-hydrogen) atoms. The van der Waals surface area contributed by atoms with Gasteiger partial charge in [0.05, 0.1) is 11.2 Å². The Morgan fingerprint density at radius 2 is 1.82 bits per heavy atom. The lowest BCUT2D eigenvalue weighted by atomic mass is 10.0. The van der Waals surface area contributed by atoms with Crippen LogP contribution in [0.3, 0.4) is 0 Å². The van der Waals surface area contributed by atoms with Crippen LogP contribution in [-0.4, -0.2) is 60.7 Å². The number of carbonyl (C=O) groups excluding carboxylic acids is 3. The normalized spacial score (nSPS) is 20.8. The van der Waals surface area contributed by atoms with Crippen molar-refractivity contribution in [2.75, 3.05) is 5.32 Å². The second-order valence-electron chi connectivity index (χ2n) is 11.4. The van der Waals surface area contributed by atoms with Gasteiger partial charge in [0.2, 0.25) is 11.8 Å². The van der Waals surface area contributed by atoms with Crippen LogP contribution in [0.5, 0.6) is 5.75 Å². The average molecular weight is 611 g/mol. The summed E-state index contributed by atoms with van der Waals surface area (Å²) < 4.78 is 57.9. The number of piperidine rings is 1. The van der Waals surface area contributed by atoms with Crippen molar-refractivity contribution >= 4 is 34.2 Å². The first-order valence-electron chi connectivity index (χ1n) is 13.7. The SMILES string of the molecule is CC(=O)c1nn(CC(=O)N2[C@H](C(=O)Nc3cccc(OC(F)(F)F)c3F)C[C@@]3(C)C[C@@H]23)c2ccc(-c3cnc(C)nc3)cc12. The van der Waals surface area contributed by atoms with Crippen LogP contribution in [0.1, 0.15) is 43.0 Å². The molecular formula is C30H26F4N6O4. The summed E-state index contributed by atoms with van der Waals surface area (Å²) in [6.07, 6.45) is -0.838. The number of likely N-dealkylation sites (tertiary alicyclic amines) is 1. The minimum atomic E-state index is -5.12. The predicted molar refractivity (Wildman–Crippen MR) is 149 cm³/mol. The van der Waals surface area contributed by atoms with Crippen LogP contribution in [0, 0.1) is 18.2 Å². The molecule has 0 radical (unpaired) electrons. The van der Waals surface area contributed by atoms with E-state index in [-0.39, 0.29) is 35.9 Å². The highest BCUT2D eigenvalue weighted by Gasteiger charge is 2.64. The van der Waals surface area contributed by atoms with Crippen molar-refractivity contribution in [1.29, 1.82) is 0 Å². The Balaban J connectivity index is 1.26. The van der Waals surface area contributed by atoms with E-state index in [1.165, 1.54) is 16.5 Å². The third-order valence-corrected chi connectivity index (χ3v) is 8.16. The third-order valence-electron chi connectivity index (χ3n) is 8.16. The Hall–Kier alpha value is -4.88. The van der Waals surface area contributed by atoms with Crippen LogP contribution in [0.2, 0.25) is 0 Å². The Morgan fingerprint density at radius 1 is 1.09 bits per heavy atom. The minimum Gasteiger partial charge on any atom is -0.403 e. The summed E-state index contributed by atoms with van der Waals surface area (Å²) in [7, 11) is 0. The number of aromatic nitrogens is 4. The van der Waals surface area contributed by atoms with E-state index in [2.05, 4.69) is 25.1 Å². The van der Waals surface area contributed by atoms with E-state index in [4.69, 9.17) is 0 Å². The van der Waals surface area contributed by atoms with Gasteiger partial charge in [-0.25, -0.2) is 14.4 Å². The molecular weight excluding hydrogens is 584 g/mol. The number of ketones is 1. The highest BCUT2D eigenvalue weighted by molar-refractivity contribution is 6.06. The largest absolute Gasteiger partial charge is 0.573 e. The van der Waals surface area contributed by atoms with E-state index in [1.807, 2.05) is 6.92 Å². The Labute approximate surface area is 248 Å². The molecule has 6 rings (SSSR count). The molecule has 3 atom stereocenters. The molecule has 2 aliphatic rings. The number of anilines is 1. The smallest absolute Gasteiger partial charge is 0.403 e. The number of nitrogens with zero attached hydrogens (tertiary/aromatic N) is 5. The number of aryl methyl sites for hydroxylation is 1. The summed E-state index contributed by atoms with van der Waals surface area (Å²) in [4.78, 5) is 49.4. The second-order valence-corrected chi connectivity index (χ2v) is 11.4. The second kappa shape index (κ2) is 10.4. The Morgan fingerprint density at radius 3 is 2.50 bits per heavy atom. The van der Waals surface area contributed by atoms with Gasteiger partial charge in [-0.3, -0.25) is 19.1 Å². The molecule has 1 aliphatic heterocycles. The van der Waals surface area contributed by atoms with Gasteiger partial charge in [0.1, 0.15) is 24.1 Å². The number of Topliss-reactive ketones (excluding diaryl/α,β-unsaturated/α-hetero) is 1. The van der Waals surface area contributed by atoms with Crippen LogP contribution < -0.4 is 10.1 Å². The van der Waals surface area contributed by atoms with Gasteiger partial charge in [0, 0.05) is 36.3 Å². The van der Waals surface area contributed by atoms with E-state index in [0.29, 0.717) is 23.1 Å². The molecule has 1 aliphatic carbocycles. The topological polar surface area (TPSA) is 119 Å². The number of fused-ring (bicyclic) bond motifs is 2. The van der Waals surface area contributed by atoms with Gasteiger partial charge < -0.3 is 15.0 Å². The number of halogens is 4. The Bertz CT molecular complexity index is 1820. The summed E-state index contributed by atoms with van der Waals surface area (Å²) in [6.45, 7) is 4.79. The van der Waals surface area contributed by atoms with Gasteiger partial charge >= 0.3 is 6.36 Å². The van der Waals surface area contributed by atoms with Gasteiger partial charge in [-0.2, -0.15) is 5.10 Å². The predicted octanol–water partition coefficient (Wildman–Crippen LogP) is 5.06. The molecule has 0 unspecified atom stereocenters. The summed E-state index contributed by atoms with van der Waals surface area (Å²) >= 11 is 0. The lowest BCUT2D eigenvalue weighted by Crippen LogP contribution is -2.46. The standard InChI is InChI=1S/C30H26F4N6O4/c1-15(41)27-19-9-17(18-12-35-16(2)36-13-18)7-8-21(19)39(38-27)14-25(42)40-22(10-29(3)11-24(29)40)28(43)37-20-5-4-6-23(26(20)31)44-30(32,33)34/h4-9,12-13,22,24H,10-11,14H2,1-3H3,(H,37,43)/t22-,24+,29-/m0/s1. The van der Waals surface area contributed by atoms with Crippen molar-refractivity contribution in [3.05, 3.63) is 66.1 Å². The lowest BCUT2D eigenvalue weighted by Gasteiger charge is -2.27. The molecule has 2 amide bonds. The molecule has 2 aromatic carbocycles. The average Bonchev–Trinajstić information content (AvgIpc) is 3.32.